The first kappa shape index (κ1) is 25.9. The van der Waals surface area contributed by atoms with Gasteiger partial charge < -0.3 is 14.2 Å². The minimum absolute atomic E-state index is 0.241. The van der Waals surface area contributed by atoms with Crippen molar-refractivity contribution in [3.8, 4) is 17.2 Å². The lowest BCUT2D eigenvalue weighted by Gasteiger charge is -2.20. The van der Waals surface area contributed by atoms with Crippen molar-refractivity contribution in [1.82, 2.24) is 24.7 Å². The van der Waals surface area contributed by atoms with Crippen LogP contribution in [0.15, 0.2) is 30.6 Å². The second kappa shape index (κ2) is 11.1. The second-order valence-corrected chi connectivity index (χ2v) is 10.5. The molecule has 2 heterocycles. The van der Waals surface area contributed by atoms with Crippen LogP contribution in [0.4, 0.5) is 0 Å². The third-order valence-electron chi connectivity index (χ3n) is 5.60. The molecule has 2 aromatic heterocycles. The Labute approximate surface area is 204 Å². The zero-order valence-electron chi connectivity index (χ0n) is 19.7. The van der Waals surface area contributed by atoms with E-state index in [1.807, 2.05) is 0 Å². The van der Waals surface area contributed by atoms with Gasteiger partial charge in [0.15, 0.2) is 15.7 Å². The van der Waals surface area contributed by atoms with E-state index in [0.29, 0.717) is 46.9 Å². The quantitative estimate of drug-likeness (QED) is 0.384. The molecule has 0 radical (unpaired) electrons. The molecule has 0 aliphatic carbocycles. The van der Waals surface area contributed by atoms with Crippen LogP contribution < -0.4 is 9.47 Å². The highest BCUT2D eigenvalue weighted by molar-refractivity contribution is 7.91. The predicted molar refractivity (Wildman–Crippen MR) is 128 cm³/mol. The molecule has 2 atom stereocenters. The number of benzene rings is 1. The SMILES string of the molecule is COCCc1nnc(CS(=O)(=O)[C@@H](C)[C@H](C)c2ncc(Cl)cn2)n1-c1c(OC)cccc1OC. The van der Waals surface area contributed by atoms with Crippen molar-refractivity contribution in [2.75, 3.05) is 27.9 Å². The Balaban J connectivity index is 2.04. The molecule has 0 saturated heterocycles. The van der Waals surface area contributed by atoms with E-state index < -0.39 is 21.0 Å². The number of nitrogens with zero attached hydrogens (tertiary/aromatic N) is 5. The highest BCUT2D eigenvalue weighted by Crippen LogP contribution is 2.35. The van der Waals surface area contributed by atoms with Crippen LogP contribution in [0.25, 0.3) is 5.69 Å². The van der Waals surface area contributed by atoms with E-state index in [2.05, 4.69) is 20.2 Å². The van der Waals surface area contributed by atoms with Gasteiger partial charge in [-0.25, -0.2) is 18.4 Å². The monoisotopic (exact) mass is 509 g/mol. The fourth-order valence-electron chi connectivity index (χ4n) is 3.50. The first-order valence-electron chi connectivity index (χ1n) is 10.6. The Morgan fingerprint density at radius 2 is 1.59 bits per heavy atom. The van der Waals surface area contributed by atoms with Crippen LogP contribution in [-0.4, -0.2) is 66.3 Å². The fourth-order valence-corrected chi connectivity index (χ4v) is 5.15. The van der Waals surface area contributed by atoms with Crippen molar-refractivity contribution in [1.29, 1.82) is 0 Å². The van der Waals surface area contributed by atoms with Gasteiger partial charge in [0.05, 0.1) is 31.1 Å². The number of rotatable bonds is 11. The Kier molecular flexibility index (Phi) is 8.45. The number of hydrogen-bond acceptors (Lipinski definition) is 9. The lowest BCUT2D eigenvalue weighted by Crippen LogP contribution is -2.27. The zero-order valence-corrected chi connectivity index (χ0v) is 21.3. The average molecular weight is 510 g/mol. The molecule has 3 aromatic rings. The summed E-state index contributed by atoms with van der Waals surface area (Å²) in [7, 11) is 0.947. The molecule has 34 heavy (non-hydrogen) atoms. The maximum atomic E-state index is 13.4. The molecule has 0 spiro atoms. The summed E-state index contributed by atoms with van der Waals surface area (Å²) in [5.74, 6) is 1.33. The first-order valence-corrected chi connectivity index (χ1v) is 12.6. The van der Waals surface area contributed by atoms with Crippen molar-refractivity contribution in [2.24, 2.45) is 0 Å². The molecular weight excluding hydrogens is 482 g/mol. The molecule has 1 aromatic carbocycles. The molecule has 3 rings (SSSR count). The van der Waals surface area contributed by atoms with Gasteiger partial charge in [-0.05, 0) is 19.1 Å². The van der Waals surface area contributed by atoms with Crippen LogP contribution in [0.3, 0.4) is 0 Å². The number of halogens is 1. The van der Waals surface area contributed by atoms with E-state index in [0.717, 1.165) is 0 Å². The van der Waals surface area contributed by atoms with Crippen LogP contribution in [0.5, 0.6) is 11.5 Å². The van der Waals surface area contributed by atoms with Crippen molar-refractivity contribution in [2.45, 2.75) is 37.2 Å². The molecule has 0 fully saturated rings. The summed E-state index contributed by atoms with van der Waals surface area (Å²) in [6.45, 7) is 3.78. The molecule has 12 heteroatoms. The van der Waals surface area contributed by atoms with Crippen LogP contribution in [0.2, 0.25) is 5.02 Å². The van der Waals surface area contributed by atoms with Crippen LogP contribution in [-0.2, 0) is 26.7 Å². The zero-order chi connectivity index (χ0) is 24.9. The third kappa shape index (κ3) is 5.48. The third-order valence-corrected chi connectivity index (χ3v) is 8.00. The van der Waals surface area contributed by atoms with E-state index in [-0.39, 0.29) is 11.6 Å². The second-order valence-electron chi connectivity index (χ2n) is 7.68. The fraction of sp³-hybridized carbons (Fsp3) is 0.455. The Bertz CT molecular complexity index is 1190. The topological polar surface area (TPSA) is 118 Å². The maximum absolute atomic E-state index is 13.4. The molecule has 10 nitrogen and oxygen atoms in total. The van der Waals surface area contributed by atoms with Crippen LogP contribution >= 0.6 is 11.6 Å². The van der Waals surface area contributed by atoms with Gasteiger partial charge in [-0.2, -0.15) is 0 Å². The summed E-state index contributed by atoms with van der Waals surface area (Å²) in [6.07, 6.45) is 3.31. The molecule has 0 aliphatic heterocycles. The molecule has 0 saturated carbocycles. The number of aromatic nitrogens is 5. The number of methoxy groups -OCH3 is 3. The van der Waals surface area contributed by atoms with E-state index in [9.17, 15) is 8.42 Å². The summed E-state index contributed by atoms with van der Waals surface area (Å²) >= 11 is 5.87. The van der Waals surface area contributed by atoms with Gasteiger partial charge in [-0.15, -0.1) is 10.2 Å². The lowest BCUT2D eigenvalue weighted by molar-refractivity contribution is 0.200. The van der Waals surface area contributed by atoms with E-state index >= 15 is 0 Å². The smallest absolute Gasteiger partial charge is 0.160 e. The van der Waals surface area contributed by atoms with Gasteiger partial charge in [0, 0.05) is 31.8 Å². The lowest BCUT2D eigenvalue weighted by atomic mass is 10.1. The molecule has 0 bridgehead atoms. The molecule has 184 valence electrons. The first-order chi connectivity index (χ1) is 16.2. The predicted octanol–water partition coefficient (Wildman–Crippen LogP) is 3.02. The molecular formula is C22H28ClN5O5S. The minimum atomic E-state index is -3.70. The highest BCUT2D eigenvalue weighted by Gasteiger charge is 2.32. The largest absolute Gasteiger partial charge is 0.494 e. The molecule has 0 aliphatic rings. The van der Waals surface area contributed by atoms with Crippen molar-refractivity contribution >= 4 is 21.4 Å². The number of para-hydroxylation sites is 1. The molecule has 0 N–H and O–H groups in total. The Morgan fingerprint density at radius 1 is 1.00 bits per heavy atom. The normalized spacial score (nSPS) is 13.5. The van der Waals surface area contributed by atoms with Gasteiger partial charge in [0.2, 0.25) is 0 Å². The van der Waals surface area contributed by atoms with Gasteiger partial charge in [-0.1, -0.05) is 24.6 Å². The number of ether oxygens (including phenoxy) is 3. The van der Waals surface area contributed by atoms with Gasteiger partial charge in [0.25, 0.3) is 0 Å². The average Bonchev–Trinajstić information content (AvgIpc) is 3.22. The molecule has 0 unspecified atom stereocenters. The molecule has 0 amide bonds. The van der Waals surface area contributed by atoms with E-state index in [1.54, 1.807) is 43.7 Å². The summed E-state index contributed by atoms with van der Waals surface area (Å²) in [6, 6.07) is 5.31. The summed E-state index contributed by atoms with van der Waals surface area (Å²) < 4.78 is 44.9. The summed E-state index contributed by atoms with van der Waals surface area (Å²) in [4.78, 5) is 8.36. The van der Waals surface area contributed by atoms with Crippen molar-refractivity contribution in [3.63, 3.8) is 0 Å². The number of sulfone groups is 1. The standard InChI is InChI=1S/C22H28ClN5O5S/c1-14(22-24-11-16(23)12-25-22)15(2)34(29,30)13-20-27-26-19(9-10-31-3)28(20)21-17(32-4)7-6-8-18(21)33-5/h6-8,11-12,14-15H,9-10,13H2,1-5H3/t14-,15-/m0/s1. The summed E-state index contributed by atoms with van der Waals surface area (Å²) in [5, 5.41) is 8.07. The Morgan fingerprint density at radius 3 is 2.15 bits per heavy atom. The summed E-state index contributed by atoms with van der Waals surface area (Å²) in [5.41, 5.74) is 0.524. The van der Waals surface area contributed by atoms with Crippen LogP contribution in [0.1, 0.15) is 37.2 Å². The Hall–Kier alpha value is -2.76. The minimum Gasteiger partial charge on any atom is -0.494 e. The van der Waals surface area contributed by atoms with E-state index in [1.165, 1.54) is 26.6 Å². The highest BCUT2D eigenvalue weighted by atomic mass is 35.5. The van der Waals surface area contributed by atoms with Gasteiger partial charge in [-0.3, -0.25) is 4.57 Å². The van der Waals surface area contributed by atoms with Crippen LogP contribution in [0, 0.1) is 0 Å². The van der Waals surface area contributed by atoms with Gasteiger partial charge in [0.1, 0.15) is 34.6 Å². The number of hydrogen-bond donors (Lipinski definition) is 0. The van der Waals surface area contributed by atoms with Gasteiger partial charge >= 0.3 is 0 Å². The van der Waals surface area contributed by atoms with E-state index in [4.69, 9.17) is 25.8 Å². The van der Waals surface area contributed by atoms with Crippen molar-refractivity contribution in [3.05, 3.63) is 53.1 Å². The maximum Gasteiger partial charge on any atom is 0.160 e. The van der Waals surface area contributed by atoms with Crippen molar-refractivity contribution < 1.29 is 22.6 Å².